The van der Waals surface area contributed by atoms with Crippen molar-refractivity contribution in [3.63, 3.8) is 0 Å². The molecule has 0 spiro atoms. The molecule has 0 aliphatic heterocycles. The lowest BCUT2D eigenvalue weighted by molar-refractivity contribution is -0.154. The van der Waals surface area contributed by atoms with E-state index in [2.05, 4.69) is 41.5 Å². The number of nitrogens with one attached hydrogen (secondary N) is 6. The summed E-state index contributed by atoms with van der Waals surface area (Å²) in [6.45, 7) is 2.32. The normalized spacial score (nSPS) is 13.3. The summed E-state index contributed by atoms with van der Waals surface area (Å²) < 4.78 is 43.7. The molecular formula is C36H38ClF3N10O4. The summed E-state index contributed by atoms with van der Waals surface area (Å²) >= 11 is 6.03. The first-order valence-electron chi connectivity index (χ1n) is 16.6. The van der Waals surface area contributed by atoms with Crippen LogP contribution < -0.4 is 37.1 Å². The number of amidine groups is 1. The predicted octanol–water partition coefficient (Wildman–Crippen LogP) is 4.78. The maximum absolute atomic E-state index is 12.9. The number of nitrogens with two attached hydrogens (primary N) is 1. The van der Waals surface area contributed by atoms with Crippen LogP contribution >= 0.6 is 11.6 Å². The average molecular weight is 767 g/mol. The maximum Gasteiger partial charge on any atom is 0.422 e. The Morgan fingerprint density at radius 2 is 1.52 bits per heavy atom. The Hall–Kier alpha value is -5.97. The summed E-state index contributed by atoms with van der Waals surface area (Å²) in [6.07, 6.45) is -3.15. The van der Waals surface area contributed by atoms with Crippen molar-refractivity contribution in [1.82, 2.24) is 30.9 Å². The summed E-state index contributed by atoms with van der Waals surface area (Å²) in [6, 6.07) is 19.6. The Labute approximate surface area is 313 Å². The van der Waals surface area contributed by atoms with Gasteiger partial charge in [0, 0.05) is 41.5 Å². The molecule has 1 heterocycles. The first-order valence-corrected chi connectivity index (χ1v) is 17.0. The molecule has 3 amide bonds. The SMILES string of the molecule is CC(C)(CNC(=O)C(=O)NCc1cccc(C(=N)N)c1)CNC(=O)c1ccc(Nc2nc(NC3(c4ccc(Cl)cc4)CC3)nc(OCC(F)(F)F)n2)cc1. The van der Waals surface area contributed by atoms with Gasteiger partial charge in [0.2, 0.25) is 11.9 Å². The minimum Gasteiger partial charge on any atom is -0.454 e. The number of rotatable bonds is 15. The van der Waals surface area contributed by atoms with Crippen molar-refractivity contribution in [2.75, 3.05) is 30.3 Å². The molecule has 5 rings (SSSR count). The van der Waals surface area contributed by atoms with Gasteiger partial charge >= 0.3 is 24.0 Å². The lowest BCUT2D eigenvalue weighted by Crippen LogP contribution is -2.46. The van der Waals surface area contributed by atoms with Crippen molar-refractivity contribution in [3.8, 4) is 6.01 Å². The van der Waals surface area contributed by atoms with E-state index in [-0.39, 0.29) is 37.4 Å². The molecular weight excluding hydrogens is 729 g/mol. The molecule has 18 heteroatoms. The third-order valence-electron chi connectivity index (χ3n) is 8.23. The van der Waals surface area contributed by atoms with Crippen LogP contribution in [0, 0.1) is 10.8 Å². The van der Waals surface area contributed by atoms with Gasteiger partial charge < -0.3 is 37.1 Å². The summed E-state index contributed by atoms with van der Waals surface area (Å²) in [7, 11) is 0. The van der Waals surface area contributed by atoms with Gasteiger partial charge in [-0.1, -0.05) is 55.8 Å². The number of amides is 3. The Bertz CT molecular complexity index is 2010. The molecule has 0 atom stereocenters. The molecule has 284 valence electrons. The minimum atomic E-state index is -4.61. The van der Waals surface area contributed by atoms with E-state index in [1.165, 1.54) is 12.1 Å². The van der Waals surface area contributed by atoms with Gasteiger partial charge in [0.1, 0.15) is 5.84 Å². The van der Waals surface area contributed by atoms with Crippen molar-refractivity contribution in [1.29, 1.82) is 5.41 Å². The van der Waals surface area contributed by atoms with Crippen LogP contribution in [0.5, 0.6) is 6.01 Å². The van der Waals surface area contributed by atoms with E-state index in [1.54, 1.807) is 62.4 Å². The lowest BCUT2D eigenvalue weighted by Gasteiger charge is -2.25. The highest BCUT2D eigenvalue weighted by Crippen LogP contribution is 2.48. The number of aromatic nitrogens is 3. The van der Waals surface area contributed by atoms with Crippen LogP contribution in [0.15, 0.2) is 72.8 Å². The second-order valence-corrected chi connectivity index (χ2v) is 13.8. The quantitative estimate of drug-likeness (QED) is 0.0500. The van der Waals surface area contributed by atoms with Gasteiger partial charge in [0.25, 0.3) is 5.91 Å². The average Bonchev–Trinajstić information content (AvgIpc) is 3.91. The number of nitrogens with zero attached hydrogens (tertiary/aromatic N) is 3. The second kappa shape index (κ2) is 16.4. The number of benzene rings is 3. The summed E-state index contributed by atoms with van der Waals surface area (Å²) in [4.78, 5) is 50.1. The monoisotopic (exact) mass is 766 g/mol. The Balaban J connectivity index is 1.14. The number of halogens is 4. The van der Waals surface area contributed by atoms with E-state index >= 15 is 0 Å². The number of ether oxygens (including phenoxy) is 1. The molecule has 1 aromatic heterocycles. The minimum absolute atomic E-state index is 0.00369. The van der Waals surface area contributed by atoms with E-state index in [9.17, 15) is 27.6 Å². The van der Waals surface area contributed by atoms with E-state index in [4.69, 9.17) is 27.5 Å². The highest BCUT2D eigenvalue weighted by Gasteiger charge is 2.45. The van der Waals surface area contributed by atoms with Crippen LogP contribution in [0.2, 0.25) is 5.02 Å². The number of alkyl halides is 3. The molecule has 14 nitrogen and oxygen atoms in total. The van der Waals surface area contributed by atoms with E-state index in [0.717, 1.165) is 18.4 Å². The van der Waals surface area contributed by atoms with Crippen LogP contribution in [-0.4, -0.2) is 64.4 Å². The zero-order chi connectivity index (χ0) is 39.1. The molecule has 1 aliphatic carbocycles. The maximum atomic E-state index is 12.9. The number of hydrogen-bond acceptors (Lipinski definition) is 10. The van der Waals surface area contributed by atoms with Crippen LogP contribution in [0.4, 0.5) is 30.8 Å². The number of carbonyl (C=O) groups is 3. The molecule has 8 N–H and O–H groups in total. The molecule has 0 radical (unpaired) electrons. The number of hydrogen-bond donors (Lipinski definition) is 7. The van der Waals surface area contributed by atoms with Gasteiger partial charge in [-0.15, -0.1) is 0 Å². The molecule has 1 saturated carbocycles. The van der Waals surface area contributed by atoms with Crippen LogP contribution in [0.3, 0.4) is 0 Å². The Morgan fingerprint density at radius 1 is 0.870 bits per heavy atom. The lowest BCUT2D eigenvalue weighted by atomic mass is 9.93. The van der Waals surface area contributed by atoms with Crippen LogP contribution in [-0.2, 0) is 21.7 Å². The first-order chi connectivity index (χ1) is 25.5. The fourth-order valence-electron chi connectivity index (χ4n) is 5.10. The molecule has 0 unspecified atom stereocenters. The zero-order valence-corrected chi connectivity index (χ0v) is 30.0. The van der Waals surface area contributed by atoms with Gasteiger partial charge in [0.15, 0.2) is 6.61 Å². The summed E-state index contributed by atoms with van der Waals surface area (Å²) in [5.41, 5.74) is 7.15. The van der Waals surface area contributed by atoms with Gasteiger partial charge in [-0.2, -0.15) is 28.1 Å². The molecule has 4 aromatic rings. The second-order valence-electron chi connectivity index (χ2n) is 13.4. The van der Waals surface area contributed by atoms with Crippen molar-refractivity contribution >= 4 is 52.7 Å². The fourth-order valence-corrected chi connectivity index (χ4v) is 5.23. The molecule has 1 aliphatic rings. The topological polar surface area (TPSA) is 209 Å². The number of anilines is 3. The van der Waals surface area contributed by atoms with E-state index in [0.29, 0.717) is 27.4 Å². The Morgan fingerprint density at radius 3 is 2.17 bits per heavy atom. The van der Waals surface area contributed by atoms with Gasteiger partial charge in [-0.3, -0.25) is 19.8 Å². The summed E-state index contributed by atoms with van der Waals surface area (Å²) in [5.74, 6) is -2.28. The highest BCUT2D eigenvalue weighted by atomic mass is 35.5. The highest BCUT2D eigenvalue weighted by molar-refractivity contribution is 6.35. The van der Waals surface area contributed by atoms with Gasteiger partial charge in [-0.05, 0) is 71.8 Å². The number of nitrogen functional groups attached to an aromatic ring is 1. The predicted molar refractivity (Wildman–Crippen MR) is 196 cm³/mol. The van der Waals surface area contributed by atoms with Crippen molar-refractivity contribution < 1.29 is 32.3 Å². The molecule has 0 bridgehead atoms. The smallest absolute Gasteiger partial charge is 0.422 e. The van der Waals surface area contributed by atoms with Gasteiger partial charge in [0.05, 0.1) is 5.54 Å². The molecule has 3 aromatic carbocycles. The van der Waals surface area contributed by atoms with Crippen molar-refractivity contribution in [2.45, 2.75) is 44.9 Å². The molecule has 0 saturated heterocycles. The van der Waals surface area contributed by atoms with E-state index in [1.807, 2.05) is 12.1 Å². The Kier molecular flexibility index (Phi) is 11.9. The standard InChI is InChI=1S/C36H38ClF3N10O4/c1-34(2,19-45-30(53)29(52)43-17-21-4-3-5-23(16-21)27(41)42)18-44-28(51)22-6-12-26(13-7-22)46-31-47-32(49-33(48-31)54-20-36(38,39)40)50-35(14-15-35)24-8-10-25(37)11-9-24/h3-13,16H,14-15,17-20H2,1-2H3,(H3,41,42)(H,43,52)(H,44,51)(H,45,53)(H2,46,47,48,49,50). The zero-order valence-electron chi connectivity index (χ0n) is 29.2. The third kappa shape index (κ3) is 11.3. The number of carbonyl (C=O) groups excluding carboxylic acids is 3. The van der Waals surface area contributed by atoms with E-state index < -0.39 is 47.5 Å². The fraction of sp³-hybridized carbons (Fsp3) is 0.306. The van der Waals surface area contributed by atoms with Crippen LogP contribution in [0.25, 0.3) is 0 Å². The first kappa shape index (κ1) is 39.2. The largest absolute Gasteiger partial charge is 0.454 e. The molecule has 54 heavy (non-hydrogen) atoms. The van der Waals surface area contributed by atoms with Crippen molar-refractivity contribution in [2.24, 2.45) is 11.1 Å². The summed E-state index contributed by atoms with van der Waals surface area (Å²) in [5, 5.41) is 22.1. The van der Waals surface area contributed by atoms with Gasteiger partial charge in [-0.25, -0.2) is 0 Å². The molecule has 1 fully saturated rings. The van der Waals surface area contributed by atoms with Crippen LogP contribution in [0.1, 0.15) is 53.7 Å². The van der Waals surface area contributed by atoms with Crippen molar-refractivity contribution in [3.05, 3.63) is 100 Å². The third-order valence-corrected chi connectivity index (χ3v) is 8.49.